The van der Waals surface area contributed by atoms with Gasteiger partial charge in [0.2, 0.25) is 5.78 Å². The van der Waals surface area contributed by atoms with Gasteiger partial charge in [-0.1, -0.05) is 6.07 Å². The van der Waals surface area contributed by atoms with Gasteiger partial charge in [0, 0.05) is 11.8 Å². The maximum Gasteiger partial charge on any atom is 0.215 e. The van der Waals surface area contributed by atoms with Gasteiger partial charge < -0.3 is 9.47 Å². The molecule has 0 fully saturated rings. The third-order valence-corrected chi connectivity index (χ3v) is 2.77. The van der Waals surface area contributed by atoms with Crippen molar-refractivity contribution in [2.24, 2.45) is 0 Å². The lowest BCUT2D eigenvalue weighted by molar-refractivity contribution is 0.103. The van der Waals surface area contributed by atoms with E-state index >= 15 is 0 Å². The molecule has 0 aliphatic heterocycles. The number of aromatic nitrogens is 1. The third-order valence-electron chi connectivity index (χ3n) is 2.77. The number of rotatable bonds is 4. The molecule has 19 heavy (non-hydrogen) atoms. The number of carbonyl (C=O) groups excluding carboxylic acids is 1. The van der Waals surface area contributed by atoms with Gasteiger partial charge in [0.1, 0.15) is 17.2 Å². The predicted molar refractivity (Wildman–Crippen MR) is 72.0 cm³/mol. The van der Waals surface area contributed by atoms with Gasteiger partial charge in [-0.25, -0.2) is 4.98 Å². The predicted octanol–water partition coefficient (Wildman–Crippen LogP) is 2.64. The van der Waals surface area contributed by atoms with Gasteiger partial charge in [-0.3, -0.25) is 4.79 Å². The molecule has 0 amide bonds. The fourth-order valence-corrected chi connectivity index (χ4v) is 1.79. The molecule has 0 aliphatic carbocycles. The molecule has 0 atom stereocenters. The van der Waals surface area contributed by atoms with Crippen LogP contribution < -0.4 is 9.47 Å². The molecular weight excluding hydrogens is 242 g/mol. The maximum atomic E-state index is 12.4. The summed E-state index contributed by atoms with van der Waals surface area (Å²) < 4.78 is 10.3. The Bertz CT molecular complexity index is 608. The normalized spacial score (nSPS) is 10.1. The molecule has 1 aromatic heterocycles. The zero-order chi connectivity index (χ0) is 13.8. The second kappa shape index (κ2) is 5.52. The molecule has 0 unspecified atom stereocenters. The quantitative estimate of drug-likeness (QED) is 0.790. The summed E-state index contributed by atoms with van der Waals surface area (Å²) in [6, 6.07) is 10.4. The van der Waals surface area contributed by atoms with Crippen LogP contribution in [0.1, 0.15) is 21.7 Å². The van der Waals surface area contributed by atoms with Gasteiger partial charge >= 0.3 is 0 Å². The Balaban J connectivity index is 2.44. The van der Waals surface area contributed by atoms with Crippen LogP contribution in [0.2, 0.25) is 0 Å². The van der Waals surface area contributed by atoms with E-state index in [4.69, 9.17) is 9.47 Å². The lowest BCUT2D eigenvalue weighted by atomic mass is 10.1. The minimum Gasteiger partial charge on any atom is -0.497 e. The van der Waals surface area contributed by atoms with Crippen LogP contribution in [0.3, 0.4) is 0 Å². The summed E-state index contributed by atoms with van der Waals surface area (Å²) in [5.41, 5.74) is 1.68. The molecule has 2 aromatic rings. The molecule has 0 saturated carbocycles. The van der Waals surface area contributed by atoms with E-state index in [0.717, 1.165) is 5.69 Å². The number of nitrogens with zero attached hydrogens (tertiary/aromatic N) is 1. The van der Waals surface area contributed by atoms with Gasteiger partial charge in [0.25, 0.3) is 0 Å². The fourth-order valence-electron chi connectivity index (χ4n) is 1.79. The van der Waals surface area contributed by atoms with Crippen molar-refractivity contribution in [3.63, 3.8) is 0 Å². The van der Waals surface area contributed by atoms with E-state index in [0.29, 0.717) is 22.8 Å². The Kier molecular flexibility index (Phi) is 3.80. The fraction of sp³-hybridized carbons (Fsp3) is 0.200. The number of benzene rings is 1. The number of carbonyl (C=O) groups is 1. The number of methoxy groups -OCH3 is 2. The topological polar surface area (TPSA) is 48.4 Å². The van der Waals surface area contributed by atoms with Crippen molar-refractivity contribution in [3.8, 4) is 11.5 Å². The Morgan fingerprint density at radius 1 is 1.11 bits per heavy atom. The van der Waals surface area contributed by atoms with Gasteiger partial charge in [0.15, 0.2) is 0 Å². The van der Waals surface area contributed by atoms with Crippen LogP contribution in [0.4, 0.5) is 0 Å². The molecule has 2 rings (SSSR count). The zero-order valence-electron chi connectivity index (χ0n) is 11.1. The van der Waals surface area contributed by atoms with E-state index in [9.17, 15) is 4.79 Å². The van der Waals surface area contributed by atoms with Gasteiger partial charge in [0.05, 0.1) is 19.8 Å². The SMILES string of the molecule is COc1ccc(C(=O)c2cccc(C)n2)c(OC)c1. The summed E-state index contributed by atoms with van der Waals surface area (Å²) >= 11 is 0. The molecule has 0 saturated heterocycles. The molecule has 0 N–H and O–H groups in total. The summed E-state index contributed by atoms with van der Waals surface area (Å²) in [6.45, 7) is 1.85. The molecule has 0 bridgehead atoms. The molecular formula is C15H15NO3. The number of pyridine rings is 1. The number of ether oxygens (including phenoxy) is 2. The number of aryl methyl sites for hydroxylation is 1. The van der Waals surface area contributed by atoms with Crippen molar-refractivity contribution in [1.29, 1.82) is 0 Å². The van der Waals surface area contributed by atoms with Gasteiger partial charge in [-0.2, -0.15) is 0 Å². The highest BCUT2D eigenvalue weighted by Crippen LogP contribution is 2.26. The minimum atomic E-state index is -0.164. The van der Waals surface area contributed by atoms with E-state index in [2.05, 4.69) is 4.98 Å². The van der Waals surface area contributed by atoms with Crippen LogP contribution in [0.25, 0.3) is 0 Å². The highest BCUT2D eigenvalue weighted by molar-refractivity contribution is 6.09. The molecule has 0 spiro atoms. The van der Waals surface area contributed by atoms with E-state index in [-0.39, 0.29) is 5.78 Å². The van der Waals surface area contributed by atoms with Crippen molar-refractivity contribution in [3.05, 3.63) is 53.3 Å². The Labute approximate surface area is 112 Å². The maximum absolute atomic E-state index is 12.4. The summed E-state index contributed by atoms with van der Waals surface area (Å²) in [6.07, 6.45) is 0. The largest absolute Gasteiger partial charge is 0.497 e. The lowest BCUT2D eigenvalue weighted by Gasteiger charge is -2.09. The molecule has 0 aliphatic rings. The van der Waals surface area contributed by atoms with Crippen LogP contribution in [0.5, 0.6) is 11.5 Å². The van der Waals surface area contributed by atoms with Crippen molar-refractivity contribution >= 4 is 5.78 Å². The molecule has 4 nitrogen and oxygen atoms in total. The molecule has 1 aromatic carbocycles. The summed E-state index contributed by atoms with van der Waals surface area (Å²) in [4.78, 5) is 16.6. The Morgan fingerprint density at radius 3 is 2.53 bits per heavy atom. The van der Waals surface area contributed by atoms with Crippen LogP contribution in [0, 0.1) is 6.92 Å². The first-order chi connectivity index (χ1) is 9.15. The van der Waals surface area contributed by atoms with Gasteiger partial charge in [-0.05, 0) is 31.2 Å². The third kappa shape index (κ3) is 2.73. The first kappa shape index (κ1) is 13.1. The van der Waals surface area contributed by atoms with E-state index in [1.54, 1.807) is 31.4 Å². The smallest absolute Gasteiger partial charge is 0.215 e. The standard InChI is InChI=1S/C15H15NO3/c1-10-5-4-6-13(16-10)15(17)12-8-7-11(18-2)9-14(12)19-3/h4-9H,1-3H3. The summed E-state index contributed by atoms with van der Waals surface area (Å²) in [5, 5.41) is 0. The highest BCUT2D eigenvalue weighted by atomic mass is 16.5. The highest BCUT2D eigenvalue weighted by Gasteiger charge is 2.16. The van der Waals surface area contributed by atoms with E-state index in [1.165, 1.54) is 7.11 Å². The molecule has 4 heteroatoms. The lowest BCUT2D eigenvalue weighted by Crippen LogP contribution is -2.07. The summed E-state index contributed by atoms with van der Waals surface area (Å²) in [5.74, 6) is 0.960. The van der Waals surface area contributed by atoms with Crippen LogP contribution in [0.15, 0.2) is 36.4 Å². The average Bonchev–Trinajstić information content (AvgIpc) is 2.45. The Morgan fingerprint density at radius 2 is 1.89 bits per heavy atom. The second-order valence-corrected chi connectivity index (χ2v) is 4.06. The van der Waals surface area contributed by atoms with Crippen LogP contribution in [-0.4, -0.2) is 25.0 Å². The second-order valence-electron chi connectivity index (χ2n) is 4.06. The van der Waals surface area contributed by atoms with Gasteiger partial charge in [-0.15, -0.1) is 0 Å². The number of hydrogen-bond donors (Lipinski definition) is 0. The van der Waals surface area contributed by atoms with E-state index in [1.807, 2.05) is 19.1 Å². The van der Waals surface area contributed by atoms with Crippen molar-refractivity contribution in [2.45, 2.75) is 6.92 Å². The number of hydrogen-bond acceptors (Lipinski definition) is 4. The van der Waals surface area contributed by atoms with Crippen molar-refractivity contribution in [2.75, 3.05) is 14.2 Å². The van der Waals surface area contributed by atoms with E-state index < -0.39 is 0 Å². The first-order valence-electron chi connectivity index (χ1n) is 5.86. The average molecular weight is 257 g/mol. The van der Waals surface area contributed by atoms with Crippen molar-refractivity contribution < 1.29 is 14.3 Å². The molecule has 0 radical (unpaired) electrons. The van der Waals surface area contributed by atoms with Crippen molar-refractivity contribution in [1.82, 2.24) is 4.98 Å². The van der Waals surface area contributed by atoms with Crippen LogP contribution >= 0.6 is 0 Å². The zero-order valence-corrected chi connectivity index (χ0v) is 11.1. The number of ketones is 1. The molecule has 1 heterocycles. The first-order valence-corrected chi connectivity index (χ1v) is 5.86. The molecule has 98 valence electrons. The summed E-state index contributed by atoms with van der Waals surface area (Å²) in [7, 11) is 3.09. The minimum absolute atomic E-state index is 0.164. The monoisotopic (exact) mass is 257 g/mol. The Hall–Kier alpha value is -2.36. The van der Waals surface area contributed by atoms with Crippen LogP contribution in [-0.2, 0) is 0 Å².